The molecular weight excluding hydrogens is 209 g/mol. The molecule has 0 saturated heterocycles. The topological polar surface area (TPSA) is 55.5 Å². The number of halogens is 1. The van der Waals surface area contributed by atoms with Crippen molar-refractivity contribution in [3.05, 3.63) is 23.5 Å². The van der Waals surface area contributed by atoms with E-state index in [1.54, 1.807) is 0 Å². The summed E-state index contributed by atoms with van der Waals surface area (Å²) in [6, 6.07) is 2.71. The van der Waals surface area contributed by atoms with Crippen molar-refractivity contribution in [2.24, 2.45) is 5.73 Å². The summed E-state index contributed by atoms with van der Waals surface area (Å²) in [6.07, 6.45) is 3.17. The fourth-order valence-corrected chi connectivity index (χ4v) is 1.75. The number of rotatable bonds is 4. The van der Waals surface area contributed by atoms with Gasteiger partial charge in [0, 0.05) is 23.2 Å². The molecule has 0 heterocycles. The van der Waals surface area contributed by atoms with Crippen LogP contribution in [-0.4, -0.2) is 17.8 Å². The zero-order valence-electron chi connectivity index (χ0n) is 9.29. The summed E-state index contributed by atoms with van der Waals surface area (Å²) in [6.45, 7) is 0. The molecule has 4 heteroatoms. The molecule has 1 aliphatic rings. The van der Waals surface area contributed by atoms with Crippen LogP contribution in [0.1, 0.15) is 24.8 Å². The summed E-state index contributed by atoms with van der Waals surface area (Å²) in [5.41, 5.74) is 6.13. The lowest BCUT2D eigenvalue weighted by molar-refractivity contribution is 0.399. The van der Waals surface area contributed by atoms with Crippen LogP contribution in [0, 0.1) is 5.82 Å². The molecule has 0 aliphatic heterocycles. The molecule has 88 valence electrons. The van der Waals surface area contributed by atoms with Crippen LogP contribution in [0.4, 0.5) is 4.39 Å². The van der Waals surface area contributed by atoms with Crippen molar-refractivity contribution in [3.8, 4) is 11.5 Å². The largest absolute Gasteiger partial charge is 0.507 e. The number of methoxy groups -OCH3 is 1. The first-order chi connectivity index (χ1) is 7.54. The number of nitrogens with two attached hydrogens (primary N) is 1. The van der Waals surface area contributed by atoms with E-state index in [1.165, 1.54) is 19.2 Å². The summed E-state index contributed by atoms with van der Waals surface area (Å²) < 4.78 is 18.5. The zero-order chi connectivity index (χ0) is 11.8. The number of aromatic hydroxyl groups is 1. The molecule has 1 aromatic carbocycles. The van der Waals surface area contributed by atoms with Crippen molar-refractivity contribution in [1.82, 2.24) is 0 Å². The van der Waals surface area contributed by atoms with Gasteiger partial charge in [0.05, 0.1) is 7.11 Å². The lowest BCUT2D eigenvalue weighted by atomic mass is 10.0. The molecule has 3 nitrogen and oxygen atoms in total. The Balaban J connectivity index is 2.13. The lowest BCUT2D eigenvalue weighted by Crippen LogP contribution is -2.22. The van der Waals surface area contributed by atoms with Crippen LogP contribution < -0.4 is 10.5 Å². The molecule has 1 saturated carbocycles. The second-order valence-corrected chi connectivity index (χ2v) is 4.47. The van der Waals surface area contributed by atoms with Crippen molar-refractivity contribution in [3.63, 3.8) is 0 Å². The number of phenols is 1. The minimum atomic E-state index is -0.430. The Kier molecular flexibility index (Phi) is 2.76. The third-order valence-electron chi connectivity index (χ3n) is 3.15. The van der Waals surface area contributed by atoms with Gasteiger partial charge in [-0.1, -0.05) is 0 Å². The van der Waals surface area contributed by atoms with Gasteiger partial charge in [-0.2, -0.15) is 0 Å². The van der Waals surface area contributed by atoms with E-state index in [1.807, 2.05) is 0 Å². The lowest BCUT2D eigenvalue weighted by Gasteiger charge is -2.11. The third-order valence-corrected chi connectivity index (χ3v) is 3.15. The second-order valence-electron chi connectivity index (χ2n) is 4.47. The fraction of sp³-hybridized carbons (Fsp3) is 0.500. The van der Waals surface area contributed by atoms with Gasteiger partial charge in [0.25, 0.3) is 0 Å². The van der Waals surface area contributed by atoms with Crippen molar-refractivity contribution >= 4 is 0 Å². The van der Waals surface area contributed by atoms with E-state index in [0.717, 1.165) is 12.8 Å². The van der Waals surface area contributed by atoms with Crippen molar-refractivity contribution in [2.45, 2.75) is 31.2 Å². The highest BCUT2D eigenvalue weighted by atomic mass is 19.1. The van der Waals surface area contributed by atoms with E-state index in [4.69, 9.17) is 10.5 Å². The Morgan fingerprint density at radius 1 is 1.50 bits per heavy atom. The first kappa shape index (κ1) is 11.2. The van der Waals surface area contributed by atoms with E-state index >= 15 is 0 Å². The van der Waals surface area contributed by atoms with Crippen LogP contribution >= 0.6 is 0 Å². The van der Waals surface area contributed by atoms with Gasteiger partial charge in [0.2, 0.25) is 0 Å². The summed E-state index contributed by atoms with van der Waals surface area (Å²) in [4.78, 5) is 0. The molecule has 0 radical (unpaired) electrons. The van der Waals surface area contributed by atoms with Gasteiger partial charge in [-0.15, -0.1) is 0 Å². The molecule has 0 bridgehead atoms. The molecule has 2 rings (SSSR count). The molecule has 0 spiro atoms. The van der Waals surface area contributed by atoms with Gasteiger partial charge in [0.15, 0.2) is 0 Å². The summed E-state index contributed by atoms with van der Waals surface area (Å²) in [5.74, 6) is -0.158. The van der Waals surface area contributed by atoms with Gasteiger partial charge in [-0.3, -0.25) is 0 Å². The van der Waals surface area contributed by atoms with Crippen LogP contribution in [0.2, 0.25) is 0 Å². The molecule has 0 unspecified atom stereocenters. The average Bonchev–Trinajstić information content (AvgIpc) is 2.95. The van der Waals surface area contributed by atoms with E-state index in [2.05, 4.69) is 0 Å². The van der Waals surface area contributed by atoms with E-state index in [-0.39, 0.29) is 11.3 Å². The van der Waals surface area contributed by atoms with Gasteiger partial charge in [-0.05, 0) is 25.7 Å². The highest BCUT2D eigenvalue weighted by Gasteiger charge is 2.37. The van der Waals surface area contributed by atoms with Crippen molar-refractivity contribution in [1.29, 1.82) is 0 Å². The number of phenolic OH excluding ortho intramolecular Hbond substituents is 1. The van der Waals surface area contributed by atoms with Gasteiger partial charge in [0.1, 0.15) is 17.3 Å². The van der Waals surface area contributed by atoms with Crippen molar-refractivity contribution in [2.75, 3.05) is 7.11 Å². The predicted octanol–water partition coefficient (Wildman–Crippen LogP) is 1.96. The average molecular weight is 225 g/mol. The monoisotopic (exact) mass is 225 g/mol. The molecule has 1 aliphatic carbocycles. The second kappa shape index (κ2) is 3.94. The Morgan fingerprint density at radius 3 is 2.69 bits per heavy atom. The normalized spacial score (nSPS) is 17.2. The van der Waals surface area contributed by atoms with E-state index < -0.39 is 5.82 Å². The number of benzene rings is 1. The Labute approximate surface area is 94.0 Å². The predicted molar refractivity (Wildman–Crippen MR) is 59.1 cm³/mol. The maximum absolute atomic E-state index is 13.6. The maximum Gasteiger partial charge on any atom is 0.133 e. The molecule has 0 amide bonds. The smallest absolute Gasteiger partial charge is 0.133 e. The highest BCUT2D eigenvalue weighted by molar-refractivity contribution is 5.41. The first-order valence-electron chi connectivity index (χ1n) is 5.38. The summed E-state index contributed by atoms with van der Waals surface area (Å²) in [5, 5.41) is 9.66. The molecule has 1 aromatic rings. The zero-order valence-corrected chi connectivity index (χ0v) is 9.29. The van der Waals surface area contributed by atoms with Crippen molar-refractivity contribution < 1.29 is 14.2 Å². The third kappa shape index (κ3) is 2.27. The molecule has 0 aromatic heterocycles. The molecule has 3 N–H and O–H groups in total. The van der Waals surface area contributed by atoms with Crippen LogP contribution in [-0.2, 0) is 6.42 Å². The number of hydrogen-bond acceptors (Lipinski definition) is 3. The number of hydrogen-bond donors (Lipinski definition) is 2. The SMILES string of the molecule is COc1cc(O)c(CCC2(N)CC2)c(F)c1. The van der Waals surface area contributed by atoms with Gasteiger partial charge in [-0.25, -0.2) is 4.39 Å². The van der Waals surface area contributed by atoms with Crippen LogP contribution in [0.5, 0.6) is 11.5 Å². The Bertz CT molecular complexity index is 379. The van der Waals surface area contributed by atoms with Gasteiger partial charge >= 0.3 is 0 Å². The van der Waals surface area contributed by atoms with Gasteiger partial charge < -0.3 is 15.6 Å². The first-order valence-corrected chi connectivity index (χ1v) is 5.38. The standard InChI is InChI=1S/C12H16FNO2/c1-16-8-6-10(13)9(11(15)7-8)2-3-12(14)4-5-12/h6-7,15H,2-5,14H2,1H3. The highest BCUT2D eigenvalue weighted by Crippen LogP contribution is 2.38. The molecule has 0 atom stereocenters. The fourth-order valence-electron chi connectivity index (χ4n) is 1.75. The quantitative estimate of drug-likeness (QED) is 0.823. The minimum Gasteiger partial charge on any atom is -0.507 e. The van der Waals surface area contributed by atoms with Crippen LogP contribution in [0.3, 0.4) is 0 Å². The summed E-state index contributed by atoms with van der Waals surface area (Å²) >= 11 is 0. The Morgan fingerprint density at radius 2 is 2.19 bits per heavy atom. The molecule has 1 fully saturated rings. The molecular formula is C12H16FNO2. The summed E-state index contributed by atoms with van der Waals surface area (Å²) in [7, 11) is 1.44. The van der Waals surface area contributed by atoms with Crippen LogP contribution in [0.15, 0.2) is 12.1 Å². The van der Waals surface area contributed by atoms with E-state index in [9.17, 15) is 9.50 Å². The number of ether oxygens (including phenoxy) is 1. The Hall–Kier alpha value is -1.29. The minimum absolute atomic E-state index is 0.0545. The van der Waals surface area contributed by atoms with Crippen LogP contribution in [0.25, 0.3) is 0 Å². The van der Waals surface area contributed by atoms with E-state index in [0.29, 0.717) is 24.2 Å². The maximum atomic E-state index is 13.6. The molecule has 16 heavy (non-hydrogen) atoms.